The Morgan fingerprint density at radius 2 is 1.41 bits per heavy atom. The normalized spacial score (nSPS) is 11.3. The van der Waals surface area contributed by atoms with E-state index in [1.165, 1.54) is 0 Å². The third-order valence-corrected chi connectivity index (χ3v) is 5.98. The largest absolute Gasteiger partial charge is 0.494 e. The maximum atomic E-state index is 12.8. The van der Waals surface area contributed by atoms with Gasteiger partial charge in [-0.3, -0.25) is 0 Å². The van der Waals surface area contributed by atoms with Crippen LogP contribution in [0.15, 0.2) is 35.2 Å². The van der Waals surface area contributed by atoms with Gasteiger partial charge in [-0.25, -0.2) is 13.1 Å². The van der Waals surface area contributed by atoms with E-state index in [1.807, 2.05) is 45.9 Å². The third kappa shape index (κ3) is 6.11. The van der Waals surface area contributed by atoms with Crippen LogP contribution in [-0.4, -0.2) is 34.8 Å². The summed E-state index contributed by atoms with van der Waals surface area (Å²) in [7, 11) is -3.61. The second-order valence-electron chi connectivity index (χ2n) is 6.61. The summed E-state index contributed by atoms with van der Waals surface area (Å²) in [6.07, 6.45) is 0.542. The van der Waals surface area contributed by atoms with Gasteiger partial charge in [-0.1, -0.05) is 6.07 Å². The fraction of sp³-hybridized carbons (Fsp3) is 0.455. The van der Waals surface area contributed by atoms with Crippen LogP contribution >= 0.6 is 0 Å². The molecule has 0 spiro atoms. The van der Waals surface area contributed by atoms with Crippen LogP contribution in [0, 0.1) is 13.8 Å². The molecule has 0 aliphatic rings. The fourth-order valence-corrected chi connectivity index (χ4v) is 4.36. The monoisotopic (exact) mass is 421 g/mol. The van der Waals surface area contributed by atoms with Gasteiger partial charge in [-0.15, -0.1) is 0 Å². The van der Waals surface area contributed by atoms with E-state index in [4.69, 9.17) is 14.2 Å². The van der Waals surface area contributed by atoms with Crippen molar-refractivity contribution in [2.24, 2.45) is 0 Å². The maximum Gasteiger partial charge on any atom is 0.240 e. The lowest BCUT2D eigenvalue weighted by Crippen LogP contribution is -2.26. The number of aryl methyl sites for hydroxylation is 2. The van der Waals surface area contributed by atoms with Crippen molar-refractivity contribution in [2.45, 2.75) is 45.9 Å². The minimum atomic E-state index is -3.61. The predicted octanol–water partition coefficient (Wildman–Crippen LogP) is 4.02. The van der Waals surface area contributed by atoms with E-state index in [1.54, 1.807) is 19.1 Å². The second-order valence-corrected chi connectivity index (χ2v) is 8.35. The van der Waals surface area contributed by atoms with E-state index in [9.17, 15) is 8.42 Å². The van der Waals surface area contributed by atoms with Gasteiger partial charge in [0.15, 0.2) is 11.5 Å². The van der Waals surface area contributed by atoms with Gasteiger partial charge >= 0.3 is 0 Å². The molecule has 7 heteroatoms. The molecule has 0 amide bonds. The average Bonchev–Trinajstić information content (AvgIpc) is 2.66. The summed E-state index contributed by atoms with van der Waals surface area (Å²) < 4.78 is 45.0. The van der Waals surface area contributed by atoms with Crippen LogP contribution in [0.5, 0.6) is 17.2 Å². The zero-order chi connectivity index (χ0) is 21.4. The number of hydrogen-bond donors (Lipinski definition) is 1. The molecular weight excluding hydrogens is 390 g/mol. The Kier molecular flexibility index (Phi) is 8.34. The van der Waals surface area contributed by atoms with Crippen LogP contribution in [0.2, 0.25) is 0 Å². The molecule has 0 aliphatic carbocycles. The maximum absolute atomic E-state index is 12.8. The lowest BCUT2D eigenvalue weighted by molar-refractivity contribution is 0.287. The zero-order valence-corrected chi connectivity index (χ0v) is 18.7. The van der Waals surface area contributed by atoms with Crippen molar-refractivity contribution < 1.29 is 22.6 Å². The number of nitrogens with one attached hydrogen (secondary N) is 1. The Morgan fingerprint density at radius 1 is 0.793 bits per heavy atom. The van der Waals surface area contributed by atoms with Gasteiger partial charge in [0, 0.05) is 6.54 Å². The van der Waals surface area contributed by atoms with Crippen molar-refractivity contribution in [1.82, 2.24) is 4.72 Å². The van der Waals surface area contributed by atoms with Crippen LogP contribution in [0.1, 0.15) is 37.5 Å². The third-order valence-electron chi connectivity index (χ3n) is 4.38. The lowest BCUT2D eigenvalue weighted by atomic mass is 10.1. The first-order valence-electron chi connectivity index (χ1n) is 9.94. The molecule has 0 atom stereocenters. The molecule has 0 fully saturated rings. The highest BCUT2D eigenvalue weighted by Crippen LogP contribution is 2.29. The van der Waals surface area contributed by atoms with Gasteiger partial charge in [-0.05, 0) is 82.0 Å². The number of ether oxygens (including phenoxy) is 3. The van der Waals surface area contributed by atoms with E-state index in [-0.39, 0.29) is 11.4 Å². The minimum Gasteiger partial charge on any atom is -0.494 e. The van der Waals surface area contributed by atoms with E-state index < -0.39 is 10.0 Å². The first-order valence-corrected chi connectivity index (χ1v) is 11.4. The molecule has 6 nitrogen and oxygen atoms in total. The van der Waals surface area contributed by atoms with E-state index >= 15 is 0 Å². The highest BCUT2D eigenvalue weighted by Gasteiger charge is 2.18. The Hall–Kier alpha value is -2.25. The van der Waals surface area contributed by atoms with Gasteiger partial charge < -0.3 is 14.2 Å². The number of benzene rings is 2. The molecule has 0 heterocycles. The highest BCUT2D eigenvalue weighted by atomic mass is 32.2. The van der Waals surface area contributed by atoms with Gasteiger partial charge in [0.1, 0.15) is 5.75 Å². The molecule has 0 unspecified atom stereocenters. The highest BCUT2D eigenvalue weighted by molar-refractivity contribution is 7.89. The summed E-state index contributed by atoms with van der Waals surface area (Å²) in [5.41, 5.74) is 2.43. The summed E-state index contributed by atoms with van der Waals surface area (Å²) in [6, 6.07) is 9.11. The smallest absolute Gasteiger partial charge is 0.240 e. The van der Waals surface area contributed by atoms with Crippen molar-refractivity contribution in [1.29, 1.82) is 0 Å². The molecule has 0 aromatic heterocycles. The SMILES string of the molecule is CCOc1cc(C)c(S(=O)(=O)NCCc2ccc(OCC)c(OCC)c2)cc1C. The molecule has 0 saturated carbocycles. The Morgan fingerprint density at radius 3 is 2.07 bits per heavy atom. The molecular formula is C22H31NO5S. The van der Waals surface area contributed by atoms with Gasteiger partial charge in [0.2, 0.25) is 10.0 Å². The molecule has 2 rings (SSSR count). The predicted molar refractivity (Wildman–Crippen MR) is 115 cm³/mol. The van der Waals surface area contributed by atoms with Gasteiger partial charge in [0.25, 0.3) is 0 Å². The van der Waals surface area contributed by atoms with E-state index in [0.717, 1.165) is 11.1 Å². The molecule has 2 aromatic rings. The summed E-state index contributed by atoms with van der Waals surface area (Å²) in [5, 5.41) is 0. The molecule has 0 radical (unpaired) electrons. The Bertz CT molecular complexity index is 925. The molecule has 0 aliphatic heterocycles. The van der Waals surface area contributed by atoms with Gasteiger partial charge in [0.05, 0.1) is 24.7 Å². The van der Waals surface area contributed by atoms with Crippen molar-refractivity contribution >= 4 is 10.0 Å². The number of rotatable bonds is 11. The standard InChI is InChI=1S/C22H31NO5S/c1-6-26-19-10-9-18(15-21(19)28-8-3)11-12-23-29(24,25)22-14-16(4)20(27-7-2)13-17(22)5/h9-10,13-15,23H,6-8,11-12H2,1-5H3. The topological polar surface area (TPSA) is 73.9 Å². The Balaban J connectivity index is 2.09. The van der Waals surface area contributed by atoms with E-state index in [2.05, 4.69) is 4.72 Å². The molecule has 2 aromatic carbocycles. The number of sulfonamides is 1. The first kappa shape index (κ1) is 23.0. The van der Waals surface area contributed by atoms with E-state index in [0.29, 0.717) is 49.1 Å². The molecule has 1 N–H and O–H groups in total. The quantitative estimate of drug-likeness (QED) is 0.593. The zero-order valence-electron chi connectivity index (χ0n) is 17.9. The molecule has 160 valence electrons. The molecule has 0 bridgehead atoms. The average molecular weight is 422 g/mol. The summed E-state index contributed by atoms with van der Waals surface area (Å²) in [5.74, 6) is 2.08. The summed E-state index contributed by atoms with van der Waals surface area (Å²) >= 11 is 0. The van der Waals surface area contributed by atoms with Crippen LogP contribution in [-0.2, 0) is 16.4 Å². The molecule has 0 saturated heterocycles. The second kappa shape index (κ2) is 10.5. The first-order chi connectivity index (χ1) is 13.8. The number of hydrogen-bond acceptors (Lipinski definition) is 5. The van der Waals surface area contributed by atoms with Gasteiger partial charge in [-0.2, -0.15) is 0 Å². The lowest BCUT2D eigenvalue weighted by Gasteiger charge is -2.14. The van der Waals surface area contributed by atoms with Crippen molar-refractivity contribution in [3.63, 3.8) is 0 Å². The van der Waals surface area contributed by atoms with Crippen LogP contribution < -0.4 is 18.9 Å². The van der Waals surface area contributed by atoms with Crippen LogP contribution in [0.3, 0.4) is 0 Å². The van der Waals surface area contributed by atoms with Crippen molar-refractivity contribution in [3.8, 4) is 17.2 Å². The Labute approximate surface area is 174 Å². The van der Waals surface area contributed by atoms with Crippen LogP contribution in [0.4, 0.5) is 0 Å². The fourth-order valence-electron chi connectivity index (χ4n) is 3.02. The molecule has 29 heavy (non-hydrogen) atoms. The van der Waals surface area contributed by atoms with Crippen LogP contribution in [0.25, 0.3) is 0 Å². The van der Waals surface area contributed by atoms with Crippen molar-refractivity contribution in [2.75, 3.05) is 26.4 Å². The summed E-state index contributed by atoms with van der Waals surface area (Å²) in [6.45, 7) is 11.3. The minimum absolute atomic E-state index is 0.278. The summed E-state index contributed by atoms with van der Waals surface area (Å²) in [4.78, 5) is 0.278. The van der Waals surface area contributed by atoms with Crippen molar-refractivity contribution in [3.05, 3.63) is 47.0 Å².